The summed E-state index contributed by atoms with van der Waals surface area (Å²) in [4.78, 5) is 30.1. The Morgan fingerprint density at radius 1 is 1.12 bits per heavy atom. The van der Waals surface area contributed by atoms with Gasteiger partial charge in [-0.05, 0) is 54.2 Å². The molecule has 0 fully saturated rings. The number of hydrogen-bond donors (Lipinski definition) is 2. The van der Waals surface area contributed by atoms with Crippen molar-refractivity contribution < 1.29 is 14.0 Å². The number of amides is 2. The van der Waals surface area contributed by atoms with E-state index < -0.39 is 0 Å². The van der Waals surface area contributed by atoms with Gasteiger partial charge < -0.3 is 15.1 Å². The monoisotopic (exact) mass is 431 g/mol. The molecule has 2 aromatic heterocycles. The van der Waals surface area contributed by atoms with Crippen molar-refractivity contribution in [3.05, 3.63) is 65.2 Å². The topological polar surface area (TPSA) is 84.2 Å². The molecule has 6 heteroatoms. The second-order valence-electron chi connectivity index (χ2n) is 8.73. The molecule has 4 rings (SSSR count). The number of furan rings is 1. The first-order valence-electron chi connectivity index (χ1n) is 11.2. The van der Waals surface area contributed by atoms with Crippen LogP contribution >= 0.6 is 0 Å². The van der Waals surface area contributed by atoms with E-state index in [9.17, 15) is 9.59 Å². The molecule has 0 bridgehead atoms. The van der Waals surface area contributed by atoms with Crippen molar-refractivity contribution in [3.63, 3.8) is 0 Å². The Balaban J connectivity index is 1.70. The van der Waals surface area contributed by atoms with Crippen LogP contribution in [0.5, 0.6) is 0 Å². The van der Waals surface area contributed by atoms with Gasteiger partial charge in [-0.1, -0.05) is 39.0 Å². The van der Waals surface area contributed by atoms with Gasteiger partial charge in [0.25, 0.3) is 5.91 Å². The van der Waals surface area contributed by atoms with Gasteiger partial charge in [0.15, 0.2) is 0 Å². The lowest BCUT2D eigenvalue weighted by atomic mass is 9.80. The number of carbonyl (C=O) groups is 2. The molecule has 166 valence electrons. The zero-order valence-corrected chi connectivity index (χ0v) is 18.8. The van der Waals surface area contributed by atoms with Crippen LogP contribution < -0.4 is 10.6 Å². The van der Waals surface area contributed by atoms with Crippen LogP contribution in [-0.2, 0) is 11.2 Å². The van der Waals surface area contributed by atoms with E-state index in [0.717, 1.165) is 46.3 Å². The van der Waals surface area contributed by atoms with E-state index in [4.69, 9.17) is 9.40 Å². The number of para-hydroxylation sites is 1. The molecule has 0 saturated carbocycles. The third-order valence-corrected chi connectivity index (χ3v) is 5.74. The van der Waals surface area contributed by atoms with Gasteiger partial charge >= 0.3 is 0 Å². The standard InChI is InChI=1S/C26H29N3O3/c1-16(2)25(30)27-10-11-28-26(31)23-20-8-4-5-9-22(20)29-24-18(13-17(3)14-21(23)24)15-19-7-6-12-32-19/h4-9,12,15-17H,10-11,13-14H2,1-3H3,(H,27,30)(H,28,31). The van der Waals surface area contributed by atoms with E-state index in [1.807, 2.05) is 56.3 Å². The molecule has 0 spiro atoms. The van der Waals surface area contributed by atoms with Crippen molar-refractivity contribution in [2.24, 2.45) is 11.8 Å². The Hall–Kier alpha value is -3.41. The smallest absolute Gasteiger partial charge is 0.252 e. The predicted octanol–water partition coefficient (Wildman–Crippen LogP) is 4.45. The van der Waals surface area contributed by atoms with E-state index in [0.29, 0.717) is 24.6 Å². The molecular formula is C26H29N3O3. The fourth-order valence-electron chi connectivity index (χ4n) is 4.19. The molecule has 2 amide bonds. The SMILES string of the molecule is CC1CC(=Cc2ccco2)c2nc3ccccc3c(C(=O)NCCNC(=O)C(C)C)c2C1. The van der Waals surface area contributed by atoms with Gasteiger partial charge in [0.1, 0.15) is 5.76 Å². The number of carbonyl (C=O) groups excluding carboxylic acids is 2. The number of pyridine rings is 1. The quantitative estimate of drug-likeness (QED) is 0.565. The molecular weight excluding hydrogens is 402 g/mol. The Kier molecular flexibility index (Phi) is 6.40. The molecule has 1 atom stereocenters. The van der Waals surface area contributed by atoms with E-state index in [1.165, 1.54) is 0 Å². The van der Waals surface area contributed by atoms with Crippen molar-refractivity contribution in [1.82, 2.24) is 15.6 Å². The number of rotatable bonds is 6. The molecule has 1 aliphatic rings. The summed E-state index contributed by atoms with van der Waals surface area (Å²) < 4.78 is 5.54. The minimum absolute atomic E-state index is 0.0208. The van der Waals surface area contributed by atoms with Crippen LogP contribution in [0.15, 0.2) is 47.1 Å². The van der Waals surface area contributed by atoms with Crippen LogP contribution in [0.1, 0.15) is 54.6 Å². The highest BCUT2D eigenvalue weighted by Crippen LogP contribution is 2.38. The lowest BCUT2D eigenvalue weighted by Crippen LogP contribution is -2.37. The number of fused-ring (bicyclic) bond motifs is 2. The Bertz CT molecular complexity index is 1160. The van der Waals surface area contributed by atoms with Gasteiger partial charge in [-0.25, -0.2) is 4.98 Å². The highest BCUT2D eigenvalue weighted by Gasteiger charge is 2.28. The fourth-order valence-corrected chi connectivity index (χ4v) is 4.19. The summed E-state index contributed by atoms with van der Waals surface area (Å²) in [5.74, 6) is 0.922. The Morgan fingerprint density at radius 2 is 1.91 bits per heavy atom. The van der Waals surface area contributed by atoms with Gasteiger partial charge in [-0.3, -0.25) is 9.59 Å². The van der Waals surface area contributed by atoms with Gasteiger partial charge in [-0.15, -0.1) is 0 Å². The zero-order valence-electron chi connectivity index (χ0n) is 18.8. The molecule has 2 heterocycles. The van der Waals surface area contributed by atoms with E-state index in [2.05, 4.69) is 17.6 Å². The first-order valence-corrected chi connectivity index (χ1v) is 11.2. The largest absolute Gasteiger partial charge is 0.465 e. The van der Waals surface area contributed by atoms with E-state index in [-0.39, 0.29) is 17.7 Å². The van der Waals surface area contributed by atoms with Crippen LogP contribution in [0, 0.1) is 11.8 Å². The van der Waals surface area contributed by atoms with Gasteiger partial charge in [-0.2, -0.15) is 0 Å². The molecule has 0 saturated heterocycles. The summed E-state index contributed by atoms with van der Waals surface area (Å²) in [6.07, 6.45) is 5.35. The molecule has 1 unspecified atom stereocenters. The fraction of sp³-hybridized carbons (Fsp3) is 0.346. The average Bonchev–Trinajstić information content (AvgIpc) is 3.28. The summed E-state index contributed by atoms with van der Waals surface area (Å²) in [5, 5.41) is 6.68. The summed E-state index contributed by atoms with van der Waals surface area (Å²) in [6, 6.07) is 11.6. The van der Waals surface area contributed by atoms with Crippen LogP contribution in [-0.4, -0.2) is 29.9 Å². The first-order chi connectivity index (χ1) is 15.4. The third kappa shape index (κ3) is 4.59. The number of nitrogens with zero attached hydrogens (tertiary/aromatic N) is 1. The molecule has 0 radical (unpaired) electrons. The van der Waals surface area contributed by atoms with E-state index in [1.54, 1.807) is 6.26 Å². The van der Waals surface area contributed by atoms with Crippen LogP contribution in [0.25, 0.3) is 22.6 Å². The van der Waals surface area contributed by atoms with Crippen molar-refractivity contribution >= 4 is 34.4 Å². The molecule has 2 N–H and O–H groups in total. The summed E-state index contributed by atoms with van der Waals surface area (Å²) in [6.45, 7) is 6.65. The highest BCUT2D eigenvalue weighted by atomic mass is 16.3. The summed E-state index contributed by atoms with van der Waals surface area (Å²) >= 11 is 0. The highest BCUT2D eigenvalue weighted by molar-refractivity contribution is 6.09. The second kappa shape index (κ2) is 9.39. The lowest BCUT2D eigenvalue weighted by Gasteiger charge is -2.26. The molecule has 3 aromatic rings. The van der Waals surface area contributed by atoms with Crippen LogP contribution in [0.3, 0.4) is 0 Å². The minimum atomic E-state index is -0.134. The second-order valence-corrected chi connectivity index (χ2v) is 8.73. The summed E-state index contributed by atoms with van der Waals surface area (Å²) in [5.41, 5.74) is 4.40. The lowest BCUT2D eigenvalue weighted by molar-refractivity contribution is -0.123. The normalized spacial score (nSPS) is 16.9. The molecule has 32 heavy (non-hydrogen) atoms. The molecule has 6 nitrogen and oxygen atoms in total. The third-order valence-electron chi connectivity index (χ3n) is 5.74. The number of benzene rings is 1. The minimum Gasteiger partial charge on any atom is -0.465 e. The molecule has 0 aliphatic heterocycles. The zero-order chi connectivity index (χ0) is 22.7. The first kappa shape index (κ1) is 21.8. The predicted molar refractivity (Wildman–Crippen MR) is 126 cm³/mol. The number of nitrogens with one attached hydrogen (secondary N) is 2. The maximum atomic E-state index is 13.3. The Labute approximate surface area is 188 Å². The van der Waals surface area contributed by atoms with Gasteiger partial charge in [0.2, 0.25) is 5.91 Å². The molecule has 1 aromatic carbocycles. The van der Waals surface area contributed by atoms with Crippen molar-refractivity contribution in [3.8, 4) is 0 Å². The van der Waals surface area contributed by atoms with Crippen LogP contribution in [0.2, 0.25) is 0 Å². The van der Waals surface area contributed by atoms with Gasteiger partial charge in [0.05, 0.1) is 23.0 Å². The van der Waals surface area contributed by atoms with Crippen molar-refractivity contribution in [2.45, 2.75) is 33.6 Å². The number of allylic oxidation sites excluding steroid dienone is 1. The van der Waals surface area contributed by atoms with Crippen molar-refractivity contribution in [1.29, 1.82) is 0 Å². The maximum absolute atomic E-state index is 13.3. The van der Waals surface area contributed by atoms with Crippen molar-refractivity contribution in [2.75, 3.05) is 13.1 Å². The number of aromatic nitrogens is 1. The molecule has 1 aliphatic carbocycles. The average molecular weight is 432 g/mol. The van der Waals surface area contributed by atoms with E-state index >= 15 is 0 Å². The van der Waals surface area contributed by atoms with Gasteiger partial charge in [0, 0.05) is 24.4 Å². The summed E-state index contributed by atoms with van der Waals surface area (Å²) in [7, 11) is 0. The number of hydrogen-bond acceptors (Lipinski definition) is 4. The maximum Gasteiger partial charge on any atom is 0.252 e. The van der Waals surface area contributed by atoms with Crippen LogP contribution in [0.4, 0.5) is 0 Å². The Morgan fingerprint density at radius 3 is 2.66 bits per heavy atom.